The first-order valence-electron chi connectivity index (χ1n) is 10.3. The van der Waals surface area contributed by atoms with Crippen LogP contribution in [-0.4, -0.2) is 24.6 Å². The number of furan rings is 1. The lowest BCUT2D eigenvalue weighted by molar-refractivity contribution is -0.141. The van der Waals surface area contributed by atoms with Gasteiger partial charge in [0.1, 0.15) is 39.7 Å². The van der Waals surface area contributed by atoms with Crippen LogP contribution in [0.25, 0.3) is 37.7 Å². The molecule has 0 aliphatic carbocycles. The van der Waals surface area contributed by atoms with Gasteiger partial charge in [-0.3, -0.25) is 0 Å². The van der Waals surface area contributed by atoms with Crippen molar-refractivity contribution in [3.8, 4) is 17.3 Å². The first-order chi connectivity index (χ1) is 16.8. The maximum atomic E-state index is 13.2. The summed E-state index contributed by atoms with van der Waals surface area (Å²) < 4.78 is 54.4. The van der Waals surface area contributed by atoms with Crippen molar-refractivity contribution in [2.45, 2.75) is 19.7 Å². The van der Waals surface area contributed by atoms with Gasteiger partial charge in [-0.05, 0) is 55.0 Å². The Hall–Kier alpha value is -3.51. The molecular formula is C23H13BrF3N5O2S. The van der Waals surface area contributed by atoms with Gasteiger partial charge >= 0.3 is 6.18 Å². The highest BCUT2D eigenvalue weighted by Crippen LogP contribution is 2.38. The van der Waals surface area contributed by atoms with Crippen molar-refractivity contribution < 1.29 is 22.3 Å². The summed E-state index contributed by atoms with van der Waals surface area (Å²) >= 11 is 4.49. The second-order valence-corrected chi connectivity index (χ2v) is 9.65. The summed E-state index contributed by atoms with van der Waals surface area (Å²) in [5.74, 6) is 2.05. The molecule has 0 spiro atoms. The first kappa shape index (κ1) is 22.0. The Balaban J connectivity index is 1.36. The molecule has 6 aromatic rings. The van der Waals surface area contributed by atoms with Crippen LogP contribution in [0.1, 0.15) is 17.0 Å². The second kappa shape index (κ2) is 8.02. The SMILES string of the molecule is Cc1cc(C(F)(F)F)nc2sc3c(ncn4nc(-c5ccc(COc6ccc(Br)cc6)o5)nc34)c12. The summed E-state index contributed by atoms with van der Waals surface area (Å²) in [6, 6.07) is 12.0. The van der Waals surface area contributed by atoms with E-state index in [4.69, 9.17) is 9.15 Å². The number of rotatable bonds is 4. The summed E-state index contributed by atoms with van der Waals surface area (Å²) in [5, 5.41) is 5.01. The summed E-state index contributed by atoms with van der Waals surface area (Å²) in [6.45, 7) is 1.84. The topological polar surface area (TPSA) is 78.3 Å². The molecule has 0 aliphatic heterocycles. The molecule has 5 heterocycles. The van der Waals surface area contributed by atoms with Gasteiger partial charge in [0.2, 0.25) is 5.82 Å². The number of aromatic nitrogens is 5. The molecule has 1 aromatic carbocycles. The van der Waals surface area contributed by atoms with Crippen molar-refractivity contribution in [3.63, 3.8) is 0 Å². The van der Waals surface area contributed by atoms with Crippen molar-refractivity contribution in [2.24, 2.45) is 0 Å². The largest absolute Gasteiger partial charge is 0.486 e. The zero-order chi connectivity index (χ0) is 24.3. The van der Waals surface area contributed by atoms with Gasteiger partial charge in [0.05, 0.1) is 5.52 Å². The minimum atomic E-state index is -4.53. The fourth-order valence-corrected chi connectivity index (χ4v) is 5.16. The number of alkyl halides is 3. The maximum Gasteiger partial charge on any atom is 0.433 e. The van der Waals surface area contributed by atoms with Crippen molar-refractivity contribution >= 4 is 53.3 Å². The van der Waals surface area contributed by atoms with Gasteiger partial charge in [-0.15, -0.1) is 16.4 Å². The molecule has 0 fully saturated rings. The minimum Gasteiger partial charge on any atom is -0.486 e. The Morgan fingerprint density at radius 3 is 2.69 bits per heavy atom. The predicted octanol–water partition coefficient (Wildman–Crippen LogP) is 6.82. The van der Waals surface area contributed by atoms with Gasteiger partial charge in [-0.2, -0.15) is 13.2 Å². The Labute approximate surface area is 207 Å². The minimum absolute atomic E-state index is 0.226. The molecule has 6 rings (SSSR count). The summed E-state index contributed by atoms with van der Waals surface area (Å²) in [6.07, 6.45) is -3.05. The van der Waals surface area contributed by atoms with E-state index in [2.05, 4.69) is 36.0 Å². The van der Waals surface area contributed by atoms with Crippen molar-refractivity contribution in [3.05, 3.63) is 70.3 Å². The first-order valence-corrected chi connectivity index (χ1v) is 11.9. The highest BCUT2D eigenvalue weighted by molar-refractivity contribution is 9.10. The zero-order valence-corrected chi connectivity index (χ0v) is 20.2. The molecule has 0 N–H and O–H groups in total. The van der Waals surface area contributed by atoms with E-state index < -0.39 is 11.9 Å². The highest BCUT2D eigenvalue weighted by atomic mass is 79.9. The van der Waals surface area contributed by atoms with Crippen molar-refractivity contribution in [1.82, 2.24) is 24.6 Å². The molecule has 0 bridgehead atoms. The molecule has 0 amide bonds. The van der Waals surface area contributed by atoms with Crippen LogP contribution in [0, 0.1) is 6.92 Å². The van der Waals surface area contributed by atoms with Gasteiger partial charge in [0, 0.05) is 9.86 Å². The van der Waals surface area contributed by atoms with Crippen LogP contribution in [0.5, 0.6) is 5.75 Å². The summed E-state index contributed by atoms with van der Waals surface area (Å²) in [4.78, 5) is 13.1. The third-order valence-corrected chi connectivity index (χ3v) is 6.93. The number of pyridine rings is 1. The van der Waals surface area contributed by atoms with Gasteiger partial charge in [0.25, 0.3) is 0 Å². The van der Waals surface area contributed by atoms with Crippen molar-refractivity contribution in [1.29, 1.82) is 0 Å². The normalized spacial score (nSPS) is 12.3. The number of hydrogen-bond donors (Lipinski definition) is 0. The Morgan fingerprint density at radius 2 is 1.91 bits per heavy atom. The van der Waals surface area contributed by atoms with E-state index in [1.807, 2.05) is 24.3 Å². The molecule has 0 atom stereocenters. The van der Waals surface area contributed by atoms with Crippen LogP contribution in [0.15, 0.2) is 57.7 Å². The molecule has 35 heavy (non-hydrogen) atoms. The van der Waals surface area contributed by atoms with Crippen LogP contribution in [0.3, 0.4) is 0 Å². The summed E-state index contributed by atoms with van der Waals surface area (Å²) in [5.41, 5.74) is 0.524. The monoisotopic (exact) mass is 559 g/mol. The number of aryl methyl sites for hydroxylation is 1. The summed E-state index contributed by atoms with van der Waals surface area (Å²) in [7, 11) is 0. The molecule has 0 unspecified atom stereocenters. The number of halogens is 4. The Kier molecular flexibility index (Phi) is 5.04. The number of nitrogens with zero attached hydrogens (tertiary/aromatic N) is 5. The predicted molar refractivity (Wildman–Crippen MR) is 127 cm³/mol. The second-order valence-electron chi connectivity index (χ2n) is 7.74. The lowest BCUT2D eigenvalue weighted by Gasteiger charge is -2.06. The van der Waals surface area contributed by atoms with Crippen molar-refractivity contribution in [2.75, 3.05) is 0 Å². The number of hydrogen-bond acceptors (Lipinski definition) is 7. The van der Waals surface area contributed by atoms with E-state index in [-0.39, 0.29) is 11.4 Å². The molecule has 12 heteroatoms. The van der Waals surface area contributed by atoms with E-state index in [1.54, 1.807) is 19.1 Å². The fraction of sp³-hybridized carbons (Fsp3) is 0.130. The van der Waals surface area contributed by atoms with Gasteiger partial charge in [0.15, 0.2) is 11.4 Å². The average molecular weight is 560 g/mol. The molecule has 0 aliphatic rings. The molecule has 7 nitrogen and oxygen atoms in total. The highest BCUT2D eigenvalue weighted by Gasteiger charge is 2.33. The maximum absolute atomic E-state index is 13.2. The van der Waals surface area contributed by atoms with Gasteiger partial charge in [-0.25, -0.2) is 19.5 Å². The Bertz CT molecular complexity index is 1720. The number of fused-ring (bicyclic) bond motifs is 5. The van der Waals surface area contributed by atoms with Crippen LogP contribution >= 0.6 is 27.3 Å². The zero-order valence-electron chi connectivity index (χ0n) is 17.8. The quantitative estimate of drug-likeness (QED) is 0.236. The molecule has 0 saturated carbocycles. The van der Waals surface area contributed by atoms with E-state index in [0.29, 0.717) is 49.9 Å². The van der Waals surface area contributed by atoms with Gasteiger partial charge < -0.3 is 9.15 Å². The number of ether oxygens (including phenoxy) is 1. The van der Waals surface area contributed by atoms with Crippen LogP contribution in [0.4, 0.5) is 13.2 Å². The standard InChI is InChI=1S/C23H13BrF3N5O2S/c1-11-8-16(23(25,26)27)29-22-17(11)18-19(35-22)21-30-20(31-32(21)10-28-18)15-7-6-14(34-15)9-33-13-4-2-12(24)3-5-13/h2-8,10H,9H2,1H3. The fourth-order valence-electron chi connectivity index (χ4n) is 3.72. The van der Waals surface area contributed by atoms with E-state index in [9.17, 15) is 13.2 Å². The Morgan fingerprint density at radius 1 is 1.11 bits per heavy atom. The average Bonchev–Trinajstić information content (AvgIpc) is 3.53. The lowest BCUT2D eigenvalue weighted by atomic mass is 10.1. The molecule has 0 radical (unpaired) electrons. The number of benzene rings is 1. The van der Waals surface area contributed by atoms with Crippen LogP contribution < -0.4 is 4.74 Å². The van der Waals surface area contributed by atoms with E-state index in [0.717, 1.165) is 21.9 Å². The van der Waals surface area contributed by atoms with E-state index in [1.165, 1.54) is 10.8 Å². The molecule has 0 saturated heterocycles. The smallest absolute Gasteiger partial charge is 0.433 e. The molecular weight excluding hydrogens is 547 g/mol. The molecule has 176 valence electrons. The van der Waals surface area contributed by atoms with Crippen LogP contribution in [-0.2, 0) is 12.8 Å². The van der Waals surface area contributed by atoms with Gasteiger partial charge in [-0.1, -0.05) is 15.9 Å². The number of thiophene rings is 1. The van der Waals surface area contributed by atoms with E-state index >= 15 is 0 Å². The lowest BCUT2D eigenvalue weighted by Crippen LogP contribution is -2.07. The molecule has 5 aromatic heterocycles. The van der Waals surface area contributed by atoms with Crippen LogP contribution in [0.2, 0.25) is 0 Å². The third kappa shape index (κ3) is 3.92. The third-order valence-electron chi connectivity index (χ3n) is 5.33.